The number of aryl methyl sites for hydroxylation is 1. The lowest BCUT2D eigenvalue weighted by Crippen LogP contribution is -2.35. The molecule has 6 heteroatoms. The standard InChI is InChI=1S/C11H18BrN3O2/c1-8(6-17-3)13-4-5-15-7-14-9(2)10(12)11(15)16/h7-8,13H,4-6H2,1-3H3. The molecular weight excluding hydrogens is 286 g/mol. The van der Waals surface area contributed by atoms with E-state index in [0.717, 1.165) is 0 Å². The van der Waals surface area contributed by atoms with Gasteiger partial charge in [0.2, 0.25) is 0 Å². The van der Waals surface area contributed by atoms with E-state index < -0.39 is 0 Å². The summed E-state index contributed by atoms with van der Waals surface area (Å²) in [6.45, 7) is 5.80. The van der Waals surface area contributed by atoms with Gasteiger partial charge >= 0.3 is 0 Å². The van der Waals surface area contributed by atoms with Gasteiger partial charge in [0, 0.05) is 26.2 Å². The second-order valence-electron chi connectivity index (χ2n) is 3.95. The third-order valence-corrected chi connectivity index (χ3v) is 3.33. The van der Waals surface area contributed by atoms with Crippen molar-refractivity contribution in [2.45, 2.75) is 26.4 Å². The van der Waals surface area contributed by atoms with Crippen molar-refractivity contribution in [1.29, 1.82) is 0 Å². The molecular formula is C11H18BrN3O2. The van der Waals surface area contributed by atoms with Crippen molar-refractivity contribution in [2.24, 2.45) is 0 Å². The van der Waals surface area contributed by atoms with Crippen LogP contribution in [-0.4, -0.2) is 35.9 Å². The lowest BCUT2D eigenvalue weighted by atomic mass is 10.3. The van der Waals surface area contributed by atoms with Crippen LogP contribution in [0.4, 0.5) is 0 Å². The Bertz CT molecular complexity index is 420. The van der Waals surface area contributed by atoms with Crippen molar-refractivity contribution in [1.82, 2.24) is 14.9 Å². The van der Waals surface area contributed by atoms with Gasteiger partial charge in [0.25, 0.3) is 5.56 Å². The van der Waals surface area contributed by atoms with Crippen LogP contribution >= 0.6 is 15.9 Å². The topological polar surface area (TPSA) is 56.1 Å². The number of halogens is 1. The summed E-state index contributed by atoms with van der Waals surface area (Å²) in [7, 11) is 1.67. The highest BCUT2D eigenvalue weighted by Gasteiger charge is 2.05. The molecule has 0 radical (unpaired) electrons. The molecule has 0 bridgehead atoms. The summed E-state index contributed by atoms with van der Waals surface area (Å²) in [6.07, 6.45) is 1.57. The summed E-state index contributed by atoms with van der Waals surface area (Å²) in [5.41, 5.74) is 0.672. The van der Waals surface area contributed by atoms with Gasteiger partial charge in [-0.2, -0.15) is 0 Å². The van der Waals surface area contributed by atoms with Crippen LogP contribution in [0.15, 0.2) is 15.6 Å². The van der Waals surface area contributed by atoms with Gasteiger partial charge in [-0.05, 0) is 29.8 Å². The van der Waals surface area contributed by atoms with Gasteiger partial charge in [-0.1, -0.05) is 0 Å². The Kier molecular flexibility index (Phi) is 5.80. The number of hydrogen-bond donors (Lipinski definition) is 1. The van der Waals surface area contributed by atoms with Crippen molar-refractivity contribution < 1.29 is 4.74 Å². The van der Waals surface area contributed by atoms with Crippen molar-refractivity contribution in [3.05, 3.63) is 26.8 Å². The molecule has 1 N–H and O–H groups in total. The summed E-state index contributed by atoms with van der Waals surface area (Å²) >= 11 is 3.24. The van der Waals surface area contributed by atoms with Crippen LogP contribution in [0.3, 0.4) is 0 Å². The number of methoxy groups -OCH3 is 1. The van der Waals surface area contributed by atoms with Crippen LogP contribution in [0.2, 0.25) is 0 Å². The zero-order valence-corrected chi connectivity index (χ0v) is 12.0. The van der Waals surface area contributed by atoms with E-state index in [-0.39, 0.29) is 11.6 Å². The Balaban J connectivity index is 2.53. The second kappa shape index (κ2) is 6.88. The molecule has 96 valence electrons. The maximum atomic E-state index is 11.8. The first-order chi connectivity index (χ1) is 8.06. The number of hydrogen-bond acceptors (Lipinski definition) is 4. The minimum Gasteiger partial charge on any atom is -0.383 e. The number of nitrogens with one attached hydrogen (secondary N) is 1. The predicted molar refractivity (Wildman–Crippen MR) is 70.3 cm³/mol. The van der Waals surface area contributed by atoms with Gasteiger partial charge in [0.1, 0.15) is 4.47 Å². The zero-order chi connectivity index (χ0) is 12.8. The summed E-state index contributed by atoms with van der Waals surface area (Å²) in [4.78, 5) is 16.0. The molecule has 0 fully saturated rings. The smallest absolute Gasteiger partial charge is 0.267 e. The molecule has 0 saturated heterocycles. The van der Waals surface area contributed by atoms with E-state index in [1.807, 2.05) is 6.92 Å². The molecule has 0 aliphatic heterocycles. The molecule has 0 aliphatic rings. The van der Waals surface area contributed by atoms with Crippen molar-refractivity contribution in [3.63, 3.8) is 0 Å². The minimum absolute atomic E-state index is 0.0429. The van der Waals surface area contributed by atoms with Gasteiger partial charge in [0.05, 0.1) is 18.6 Å². The molecule has 1 heterocycles. The quantitative estimate of drug-likeness (QED) is 0.850. The Morgan fingerprint density at radius 3 is 3.00 bits per heavy atom. The highest BCUT2D eigenvalue weighted by atomic mass is 79.9. The maximum Gasteiger partial charge on any atom is 0.267 e. The third-order valence-electron chi connectivity index (χ3n) is 2.42. The minimum atomic E-state index is -0.0429. The summed E-state index contributed by atoms with van der Waals surface area (Å²) in [5, 5.41) is 3.27. The Hall–Kier alpha value is -0.720. The SMILES string of the molecule is COCC(C)NCCn1cnc(C)c(Br)c1=O. The molecule has 0 aromatic carbocycles. The first kappa shape index (κ1) is 14.3. The lowest BCUT2D eigenvalue weighted by molar-refractivity contribution is 0.172. The molecule has 1 unspecified atom stereocenters. The van der Waals surface area contributed by atoms with E-state index in [0.29, 0.717) is 29.9 Å². The zero-order valence-electron chi connectivity index (χ0n) is 10.4. The van der Waals surface area contributed by atoms with E-state index in [1.54, 1.807) is 24.9 Å². The van der Waals surface area contributed by atoms with Gasteiger partial charge in [-0.25, -0.2) is 4.98 Å². The van der Waals surface area contributed by atoms with Crippen LogP contribution in [0.25, 0.3) is 0 Å². The van der Waals surface area contributed by atoms with Gasteiger partial charge in [-0.3, -0.25) is 9.36 Å². The molecule has 0 spiro atoms. The van der Waals surface area contributed by atoms with Crippen molar-refractivity contribution in [2.75, 3.05) is 20.3 Å². The largest absolute Gasteiger partial charge is 0.383 e. The number of ether oxygens (including phenoxy) is 1. The van der Waals surface area contributed by atoms with Crippen LogP contribution < -0.4 is 10.9 Å². The summed E-state index contributed by atoms with van der Waals surface area (Å²) in [5.74, 6) is 0. The molecule has 0 amide bonds. The summed E-state index contributed by atoms with van der Waals surface area (Å²) in [6, 6.07) is 0.276. The van der Waals surface area contributed by atoms with Crippen LogP contribution in [-0.2, 0) is 11.3 Å². The fourth-order valence-electron chi connectivity index (χ4n) is 1.45. The fourth-order valence-corrected chi connectivity index (χ4v) is 1.78. The van der Waals surface area contributed by atoms with E-state index in [4.69, 9.17) is 4.74 Å². The Morgan fingerprint density at radius 1 is 1.65 bits per heavy atom. The Morgan fingerprint density at radius 2 is 2.35 bits per heavy atom. The average molecular weight is 304 g/mol. The highest BCUT2D eigenvalue weighted by Crippen LogP contribution is 2.05. The highest BCUT2D eigenvalue weighted by molar-refractivity contribution is 9.10. The number of nitrogens with zero attached hydrogens (tertiary/aromatic N) is 2. The average Bonchev–Trinajstić information content (AvgIpc) is 2.29. The molecule has 0 aliphatic carbocycles. The summed E-state index contributed by atoms with van der Waals surface area (Å²) < 4.78 is 7.13. The van der Waals surface area contributed by atoms with Gasteiger partial charge < -0.3 is 10.1 Å². The molecule has 1 atom stereocenters. The molecule has 1 aromatic rings. The first-order valence-corrected chi connectivity index (χ1v) is 6.29. The fraction of sp³-hybridized carbons (Fsp3) is 0.636. The van der Waals surface area contributed by atoms with Crippen molar-refractivity contribution >= 4 is 15.9 Å². The maximum absolute atomic E-state index is 11.8. The van der Waals surface area contributed by atoms with E-state index in [1.165, 1.54) is 0 Å². The third kappa shape index (κ3) is 4.22. The van der Waals surface area contributed by atoms with Gasteiger partial charge in [-0.15, -0.1) is 0 Å². The van der Waals surface area contributed by atoms with Crippen LogP contribution in [0, 0.1) is 6.92 Å². The van der Waals surface area contributed by atoms with E-state index >= 15 is 0 Å². The molecule has 17 heavy (non-hydrogen) atoms. The molecule has 1 rings (SSSR count). The normalized spacial score (nSPS) is 12.7. The molecule has 0 saturated carbocycles. The molecule has 1 aromatic heterocycles. The number of rotatable bonds is 6. The first-order valence-electron chi connectivity index (χ1n) is 5.50. The van der Waals surface area contributed by atoms with Crippen LogP contribution in [0.5, 0.6) is 0 Å². The lowest BCUT2D eigenvalue weighted by Gasteiger charge is -2.13. The van der Waals surface area contributed by atoms with E-state index in [9.17, 15) is 4.79 Å². The second-order valence-corrected chi connectivity index (χ2v) is 4.75. The molecule has 5 nitrogen and oxygen atoms in total. The van der Waals surface area contributed by atoms with Crippen LogP contribution in [0.1, 0.15) is 12.6 Å². The predicted octanol–water partition coefficient (Wildman–Crippen LogP) is 0.939. The number of aromatic nitrogens is 2. The monoisotopic (exact) mass is 303 g/mol. The van der Waals surface area contributed by atoms with Gasteiger partial charge in [0.15, 0.2) is 0 Å². The Labute approximate surface area is 109 Å². The van der Waals surface area contributed by atoms with E-state index in [2.05, 4.69) is 26.2 Å². The van der Waals surface area contributed by atoms with Crippen molar-refractivity contribution in [3.8, 4) is 0 Å².